The molecule has 0 unspecified atom stereocenters. The number of aromatic nitrogens is 2. The van der Waals surface area contributed by atoms with Crippen LogP contribution in [0.4, 0.5) is 0 Å². The van der Waals surface area contributed by atoms with Crippen molar-refractivity contribution in [1.82, 2.24) is 14.9 Å². The second kappa shape index (κ2) is 7.47. The van der Waals surface area contributed by atoms with E-state index in [1.54, 1.807) is 7.11 Å². The summed E-state index contributed by atoms with van der Waals surface area (Å²) >= 11 is 0. The van der Waals surface area contributed by atoms with Gasteiger partial charge in [0.15, 0.2) is 0 Å². The Morgan fingerprint density at radius 3 is 2.85 bits per heavy atom. The van der Waals surface area contributed by atoms with Gasteiger partial charge < -0.3 is 9.72 Å². The van der Waals surface area contributed by atoms with Crippen LogP contribution in [0.3, 0.4) is 0 Å². The zero-order chi connectivity index (χ0) is 17.8. The van der Waals surface area contributed by atoms with E-state index >= 15 is 0 Å². The summed E-state index contributed by atoms with van der Waals surface area (Å²) in [7, 11) is 1.67. The van der Waals surface area contributed by atoms with Gasteiger partial charge in [0.05, 0.1) is 7.11 Å². The Morgan fingerprint density at radius 1 is 1.19 bits per heavy atom. The molecule has 0 saturated carbocycles. The monoisotopic (exact) mass is 343 g/mol. The molecule has 130 valence electrons. The topological polar surface area (TPSA) is 41.1 Å². The van der Waals surface area contributed by atoms with E-state index in [0.29, 0.717) is 0 Å². The normalized spacial score (nSPS) is 14.6. The van der Waals surface area contributed by atoms with Crippen LogP contribution < -0.4 is 4.74 Å². The third-order valence-corrected chi connectivity index (χ3v) is 4.68. The number of ether oxygens (including phenoxy) is 1. The van der Waals surface area contributed by atoms with E-state index in [1.807, 2.05) is 36.5 Å². The number of fused-ring (bicyclic) bond motifs is 1. The fourth-order valence-electron chi connectivity index (χ4n) is 3.18. The van der Waals surface area contributed by atoms with Gasteiger partial charge in [0.25, 0.3) is 0 Å². The largest absolute Gasteiger partial charge is 0.497 e. The number of H-pyrrole nitrogens is 1. The van der Waals surface area contributed by atoms with Crippen molar-refractivity contribution in [2.24, 2.45) is 0 Å². The molecule has 0 radical (unpaired) electrons. The van der Waals surface area contributed by atoms with Crippen molar-refractivity contribution in [1.29, 1.82) is 0 Å². The highest BCUT2D eigenvalue weighted by Gasteiger charge is 2.13. The van der Waals surface area contributed by atoms with E-state index in [2.05, 4.69) is 45.0 Å². The second-order valence-corrected chi connectivity index (χ2v) is 6.41. The number of hydrogen-bond acceptors (Lipinski definition) is 3. The molecule has 1 N–H and O–H groups in total. The second-order valence-electron chi connectivity index (χ2n) is 6.41. The van der Waals surface area contributed by atoms with Gasteiger partial charge >= 0.3 is 0 Å². The highest BCUT2D eigenvalue weighted by atomic mass is 16.5. The van der Waals surface area contributed by atoms with E-state index in [4.69, 9.17) is 4.74 Å². The summed E-state index contributed by atoms with van der Waals surface area (Å²) in [4.78, 5) is 10.0. The molecule has 0 bridgehead atoms. The quantitative estimate of drug-likeness (QED) is 0.736. The Balaban J connectivity index is 1.39. The molecule has 4 rings (SSSR count). The first-order valence-electron chi connectivity index (χ1n) is 8.80. The predicted octanol–water partition coefficient (Wildman–Crippen LogP) is 3.76. The van der Waals surface area contributed by atoms with Crippen LogP contribution in [0, 0.1) is 11.8 Å². The summed E-state index contributed by atoms with van der Waals surface area (Å²) in [5.74, 6) is 7.41. The van der Waals surface area contributed by atoms with Crippen molar-refractivity contribution in [3.63, 3.8) is 0 Å². The predicted molar refractivity (Wildman–Crippen MR) is 104 cm³/mol. The van der Waals surface area contributed by atoms with Gasteiger partial charge in [-0.2, -0.15) is 0 Å². The number of methoxy groups -OCH3 is 1. The van der Waals surface area contributed by atoms with Gasteiger partial charge in [-0.3, -0.25) is 4.90 Å². The SMILES string of the molecule is COc1ccc(C#CC2=CCN(Cc3c[nH]c4ncccc34)CC2)cc1. The van der Waals surface area contributed by atoms with Gasteiger partial charge in [-0.25, -0.2) is 4.98 Å². The van der Waals surface area contributed by atoms with Gasteiger partial charge in [-0.05, 0) is 48.4 Å². The summed E-state index contributed by atoms with van der Waals surface area (Å²) in [5, 5.41) is 1.21. The van der Waals surface area contributed by atoms with E-state index in [9.17, 15) is 0 Å². The van der Waals surface area contributed by atoms with Crippen molar-refractivity contribution in [3.8, 4) is 17.6 Å². The lowest BCUT2D eigenvalue weighted by molar-refractivity contribution is 0.289. The van der Waals surface area contributed by atoms with E-state index in [-0.39, 0.29) is 0 Å². The van der Waals surface area contributed by atoms with E-state index in [1.165, 1.54) is 16.5 Å². The van der Waals surface area contributed by atoms with Crippen molar-refractivity contribution < 1.29 is 4.74 Å². The number of benzene rings is 1. The lowest BCUT2D eigenvalue weighted by atomic mass is 10.1. The fourth-order valence-corrected chi connectivity index (χ4v) is 3.18. The molecule has 0 fully saturated rings. The van der Waals surface area contributed by atoms with Crippen molar-refractivity contribution in [3.05, 3.63) is 71.6 Å². The molecular weight excluding hydrogens is 322 g/mol. The zero-order valence-corrected chi connectivity index (χ0v) is 14.8. The highest BCUT2D eigenvalue weighted by Crippen LogP contribution is 2.20. The highest BCUT2D eigenvalue weighted by molar-refractivity contribution is 5.79. The molecule has 2 aromatic heterocycles. The number of hydrogen-bond donors (Lipinski definition) is 1. The van der Waals surface area contributed by atoms with Crippen LogP contribution in [0.5, 0.6) is 5.75 Å². The Hall–Kier alpha value is -3.03. The van der Waals surface area contributed by atoms with Crippen molar-refractivity contribution >= 4 is 11.0 Å². The maximum Gasteiger partial charge on any atom is 0.137 e. The lowest BCUT2D eigenvalue weighted by Crippen LogP contribution is -2.28. The van der Waals surface area contributed by atoms with Crippen LogP contribution >= 0.6 is 0 Å². The maximum absolute atomic E-state index is 5.17. The first-order valence-corrected chi connectivity index (χ1v) is 8.80. The van der Waals surface area contributed by atoms with Gasteiger partial charge in [-0.15, -0.1) is 0 Å². The molecule has 4 heteroatoms. The molecule has 3 heterocycles. The minimum Gasteiger partial charge on any atom is -0.497 e. The molecule has 0 saturated heterocycles. The summed E-state index contributed by atoms with van der Waals surface area (Å²) < 4.78 is 5.17. The fraction of sp³-hybridized carbons (Fsp3) is 0.227. The Bertz CT molecular complexity index is 989. The van der Waals surface area contributed by atoms with Crippen LogP contribution in [0.1, 0.15) is 17.5 Å². The minimum absolute atomic E-state index is 0.857. The minimum atomic E-state index is 0.857. The third-order valence-electron chi connectivity index (χ3n) is 4.68. The standard InChI is InChI=1S/C22H21N3O/c1-26-20-8-6-17(7-9-20)4-5-18-10-13-25(14-11-18)16-19-15-24-22-21(19)3-2-12-23-22/h2-3,6-10,12,15H,11,13-14,16H2,1H3,(H,23,24). The molecule has 26 heavy (non-hydrogen) atoms. The van der Waals surface area contributed by atoms with Crippen molar-refractivity contribution in [2.75, 3.05) is 20.2 Å². The summed E-state index contributed by atoms with van der Waals surface area (Å²) in [6.07, 6.45) is 7.12. The number of nitrogens with zero attached hydrogens (tertiary/aromatic N) is 2. The summed E-state index contributed by atoms with van der Waals surface area (Å²) in [6, 6.07) is 12.0. The third kappa shape index (κ3) is 3.63. The Morgan fingerprint density at radius 2 is 2.08 bits per heavy atom. The van der Waals surface area contributed by atoms with Gasteiger partial charge in [0, 0.05) is 48.6 Å². The molecule has 0 amide bonds. The summed E-state index contributed by atoms with van der Waals surface area (Å²) in [5.41, 5.74) is 4.49. The summed E-state index contributed by atoms with van der Waals surface area (Å²) in [6.45, 7) is 2.89. The first kappa shape index (κ1) is 16.4. The number of pyridine rings is 1. The van der Waals surface area contributed by atoms with E-state index < -0.39 is 0 Å². The molecule has 0 aliphatic carbocycles. The van der Waals surface area contributed by atoms with Gasteiger partial charge in [-0.1, -0.05) is 17.9 Å². The number of aromatic amines is 1. The molecule has 1 aromatic carbocycles. The molecule has 4 nitrogen and oxygen atoms in total. The Labute approximate surface area is 153 Å². The van der Waals surface area contributed by atoms with Crippen LogP contribution in [0.2, 0.25) is 0 Å². The van der Waals surface area contributed by atoms with Crippen molar-refractivity contribution in [2.45, 2.75) is 13.0 Å². The van der Waals surface area contributed by atoms with Crippen LogP contribution in [-0.4, -0.2) is 35.1 Å². The molecule has 1 aliphatic rings. The van der Waals surface area contributed by atoms with Crippen LogP contribution in [-0.2, 0) is 6.54 Å². The Kier molecular flexibility index (Phi) is 4.72. The maximum atomic E-state index is 5.17. The molecular formula is C22H21N3O. The zero-order valence-electron chi connectivity index (χ0n) is 14.8. The van der Waals surface area contributed by atoms with E-state index in [0.717, 1.165) is 43.0 Å². The van der Waals surface area contributed by atoms with Crippen LogP contribution in [0.15, 0.2) is 60.4 Å². The molecule has 0 atom stereocenters. The molecule has 1 aliphatic heterocycles. The van der Waals surface area contributed by atoms with Gasteiger partial charge in [0.1, 0.15) is 11.4 Å². The average Bonchev–Trinajstić information content (AvgIpc) is 3.11. The lowest BCUT2D eigenvalue weighted by Gasteiger charge is -2.24. The average molecular weight is 343 g/mol. The number of rotatable bonds is 3. The van der Waals surface area contributed by atoms with Gasteiger partial charge in [0.2, 0.25) is 0 Å². The van der Waals surface area contributed by atoms with Crippen LogP contribution in [0.25, 0.3) is 11.0 Å². The first-order chi connectivity index (χ1) is 12.8. The molecule has 0 spiro atoms. The number of nitrogens with one attached hydrogen (secondary N) is 1. The molecule has 3 aromatic rings. The smallest absolute Gasteiger partial charge is 0.137 e.